The van der Waals surface area contributed by atoms with Gasteiger partial charge in [0.2, 0.25) is 5.91 Å². The Balaban J connectivity index is 1.59. The zero-order valence-corrected chi connectivity index (χ0v) is 17.8. The van der Waals surface area contributed by atoms with Crippen LogP contribution in [0.1, 0.15) is 35.2 Å². The van der Waals surface area contributed by atoms with Crippen LogP contribution in [0.4, 0.5) is 0 Å². The molecule has 29 heavy (non-hydrogen) atoms. The van der Waals surface area contributed by atoms with Crippen molar-refractivity contribution in [2.75, 3.05) is 5.75 Å². The maximum atomic E-state index is 12.8. The molecule has 0 unspecified atom stereocenters. The molecule has 6 nitrogen and oxygen atoms in total. The summed E-state index contributed by atoms with van der Waals surface area (Å²) in [5, 5.41) is 4.59. The van der Waals surface area contributed by atoms with Crippen LogP contribution < -0.4 is 5.32 Å². The van der Waals surface area contributed by atoms with Crippen LogP contribution in [0.25, 0.3) is 0 Å². The van der Waals surface area contributed by atoms with Crippen LogP contribution in [0.2, 0.25) is 0 Å². The Morgan fingerprint density at radius 3 is 2.62 bits per heavy atom. The van der Waals surface area contributed by atoms with Gasteiger partial charge in [-0.25, -0.2) is 0 Å². The summed E-state index contributed by atoms with van der Waals surface area (Å²) in [7, 11) is -3.86. The Morgan fingerprint density at radius 2 is 1.93 bits per heavy atom. The first-order valence-electron chi connectivity index (χ1n) is 9.10. The third-order valence-electron chi connectivity index (χ3n) is 4.44. The average molecular weight is 447 g/mol. The van der Waals surface area contributed by atoms with Crippen molar-refractivity contribution in [2.24, 2.45) is 4.40 Å². The van der Waals surface area contributed by atoms with Gasteiger partial charge in [0.05, 0.1) is 10.6 Å². The summed E-state index contributed by atoms with van der Waals surface area (Å²) in [6.45, 7) is 0. The van der Waals surface area contributed by atoms with Gasteiger partial charge in [0.15, 0.2) is 5.78 Å². The van der Waals surface area contributed by atoms with E-state index in [-0.39, 0.29) is 21.6 Å². The molecule has 150 valence electrons. The van der Waals surface area contributed by atoms with Gasteiger partial charge in [-0.1, -0.05) is 30.3 Å². The maximum Gasteiger partial charge on any atom is 0.292 e. The maximum absolute atomic E-state index is 12.8. The second-order valence-corrected chi connectivity index (χ2v) is 10.6. The van der Waals surface area contributed by atoms with Crippen molar-refractivity contribution in [1.29, 1.82) is 0 Å². The number of carbonyl (C=O) groups excluding carboxylic acids is 2. The first-order chi connectivity index (χ1) is 13.9. The van der Waals surface area contributed by atoms with Gasteiger partial charge in [0.1, 0.15) is 4.21 Å². The minimum Gasteiger partial charge on any atom is -0.353 e. The van der Waals surface area contributed by atoms with E-state index >= 15 is 0 Å². The minimum atomic E-state index is -3.86. The number of Topliss-reactive ketones (excluding diaryl/α,β-unsaturated/α-hetero) is 1. The molecule has 2 aromatic rings. The van der Waals surface area contributed by atoms with Gasteiger partial charge in [-0.2, -0.15) is 12.8 Å². The molecule has 0 saturated heterocycles. The van der Waals surface area contributed by atoms with Gasteiger partial charge in [-0.05, 0) is 30.4 Å². The summed E-state index contributed by atoms with van der Waals surface area (Å²) >= 11 is 2.35. The molecule has 1 amide bonds. The molecular formula is C20H18N2O4S3. The Hall–Kier alpha value is -2.23. The van der Waals surface area contributed by atoms with Crippen molar-refractivity contribution in [1.82, 2.24) is 5.32 Å². The SMILES string of the molecule is O=C(CCSC1=CC(=NS(=O)(=O)c2cccs2)c2ccccc2C1=O)NC1CC1. The fourth-order valence-corrected chi connectivity index (χ4v) is 5.76. The number of amides is 1. The normalized spacial score (nSPS) is 17.7. The van der Waals surface area contributed by atoms with Gasteiger partial charge in [-0.15, -0.1) is 23.1 Å². The lowest BCUT2D eigenvalue weighted by Gasteiger charge is -2.17. The van der Waals surface area contributed by atoms with Crippen molar-refractivity contribution in [3.8, 4) is 0 Å². The fourth-order valence-electron chi connectivity index (χ4n) is 2.85. The number of thioether (sulfide) groups is 1. The van der Waals surface area contributed by atoms with Gasteiger partial charge >= 0.3 is 0 Å². The highest BCUT2D eigenvalue weighted by Crippen LogP contribution is 2.30. The zero-order valence-electron chi connectivity index (χ0n) is 15.3. The summed E-state index contributed by atoms with van der Waals surface area (Å²) in [6, 6.07) is 10.3. The molecule has 1 heterocycles. The monoisotopic (exact) mass is 446 g/mol. The smallest absolute Gasteiger partial charge is 0.292 e. The lowest BCUT2D eigenvalue weighted by atomic mass is 9.94. The van der Waals surface area contributed by atoms with Crippen LogP contribution in [-0.4, -0.2) is 37.6 Å². The summed E-state index contributed by atoms with van der Waals surface area (Å²) in [4.78, 5) is 25.1. The molecule has 1 aromatic carbocycles. The molecular weight excluding hydrogens is 428 g/mol. The molecule has 0 atom stereocenters. The molecule has 1 saturated carbocycles. The van der Waals surface area contributed by atoms with Crippen molar-refractivity contribution in [3.63, 3.8) is 0 Å². The molecule has 1 N–H and O–H groups in total. The number of hydrogen-bond donors (Lipinski definition) is 1. The van der Waals surface area contributed by atoms with Crippen molar-refractivity contribution in [2.45, 2.75) is 29.5 Å². The molecule has 2 aliphatic carbocycles. The molecule has 1 fully saturated rings. The quantitative estimate of drug-likeness (QED) is 0.704. The van der Waals surface area contributed by atoms with Gasteiger partial charge in [0.25, 0.3) is 10.0 Å². The summed E-state index contributed by atoms with van der Waals surface area (Å²) in [6.07, 6.45) is 3.86. The van der Waals surface area contributed by atoms with Crippen LogP contribution in [0.5, 0.6) is 0 Å². The third kappa shape index (κ3) is 4.68. The van der Waals surface area contributed by atoms with E-state index in [1.165, 1.54) is 23.9 Å². The molecule has 0 bridgehead atoms. The molecule has 2 aliphatic rings. The second kappa shape index (κ2) is 8.25. The van der Waals surface area contributed by atoms with Gasteiger partial charge < -0.3 is 5.32 Å². The van der Waals surface area contributed by atoms with E-state index in [0.29, 0.717) is 34.2 Å². The van der Waals surface area contributed by atoms with Crippen LogP contribution in [0.3, 0.4) is 0 Å². The van der Waals surface area contributed by atoms with Crippen LogP contribution in [0, 0.1) is 0 Å². The summed E-state index contributed by atoms with van der Waals surface area (Å²) in [5.41, 5.74) is 1.15. The number of thiophene rings is 1. The number of nitrogens with one attached hydrogen (secondary N) is 1. The Labute approximate surface area is 177 Å². The highest BCUT2D eigenvalue weighted by molar-refractivity contribution is 8.04. The number of nitrogens with zero attached hydrogens (tertiary/aromatic N) is 1. The van der Waals surface area contributed by atoms with E-state index in [1.54, 1.807) is 35.7 Å². The number of ketones is 1. The van der Waals surface area contributed by atoms with Gasteiger partial charge in [-0.3, -0.25) is 9.59 Å². The van der Waals surface area contributed by atoms with Crippen LogP contribution in [0.15, 0.2) is 61.4 Å². The zero-order chi connectivity index (χ0) is 20.4. The Morgan fingerprint density at radius 1 is 1.17 bits per heavy atom. The number of fused-ring (bicyclic) bond motifs is 1. The second-order valence-electron chi connectivity index (χ2n) is 6.71. The van der Waals surface area contributed by atoms with Crippen molar-refractivity contribution in [3.05, 3.63) is 63.9 Å². The number of benzene rings is 1. The van der Waals surface area contributed by atoms with Crippen LogP contribution in [-0.2, 0) is 14.8 Å². The number of sulfonamides is 1. The molecule has 4 rings (SSSR count). The number of allylic oxidation sites excluding steroid dienone is 2. The number of carbonyl (C=O) groups is 2. The van der Waals surface area contributed by atoms with E-state index in [4.69, 9.17) is 0 Å². The van der Waals surface area contributed by atoms with E-state index in [9.17, 15) is 18.0 Å². The van der Waals surface area contributed by atoms with E-state index in [0.717, 1.165) is 24.2 Å². The first kappa shape index (κ1) is 20.1. The molecule has 0 spiro atoms. The summed E-state index contributed by atoms with van der Waals surface area (Å²) in [5.74, 6) is 0.225. The first-order valence-corrected chi connectivity index (χ1v) is 12.4. The van der Waals surface area contributed by atoms with Crippen LogP contribution >= 0.6 is 23.1 Å². The lowest BCUT2D eigenvalue weighted by molar-refractivity contribution is -0.120. The standard InChI is InChI=1S/C20H18N2O4S3/c23-18(21-13-7-8-13)9-11-27-17-12-16(14-4-1-2-5-15(14)20(17)24)22-29(25,26)19-6-3-10-28-19/h1-6,10,12-13H,7-9,11H2,(H,21,23). The molecule has 0 radical (unpaired) electrons. The highest BCUT2D eigenvalue weighted by atomic mass is 32.2. The molecule has 1 aromatic heterocycles. The van der Waals surface area contributed by atoms with Gasteiger partial charge in [0, 0.05) is 29.3 Å². The predicted octanol–water partition coefficient (Wildman–Crippen LogP) is 3.41. The lowest BCUT2D eigenvalue weighted by Crippen LogP contribution is -2.25. The average Bonchev–Trinajstić information content (AvgIpc) is 3.31. The number of hydrogen-bond acceptors (Lipinski definition) is 6. The highest BCUT2D eigenvalue weighted by Gasteiger charge is 2.27. The largest absolute Gasteiger partial charge is 0.353 e. The third-order valence-corrected chi connectivity index (χ3v) is 8.12. The molecule has 0 aliphatic heterocycles. The topological polar surface area (TPSA) is 92.7 Å². The Kier molecular flexibility index (Phi) is 5.71. The van der Waals surface area contributed by atoms with Crippen molar-refractivity contribution >= 4 is 50.5 Å². The van der Waals surface area contributed by atoms with E-state index in [2.05, 4.69) is 9.71 Å². The molecule has 9 heteroatoms. The fraction of sp³-hybridized carbons (Fsp3) is 0.250. The number of rotatable bonds is 7. The summed E-state index contributed by atoms with van der Waals surface area (Å²) < 4.78 is 29.4. The van der Waals surface area contributed by atoms with E-state index < -0.39 is 10.0 Å². The minimum absolute atomic E-state index is 0.0292. The predicted molar refractivity (Wildman–Crippen MR) is 115 cm³/mol. The Bertz CT molecular complexity index is 1110. The van der Waals surface area contributed by atoms with Crippen molar-refractivity contribution < 1.29 is 18.0 Å². The van der Waals surface area contributed by atoms with E-state index in [1.807, 2.05) is 0 Å².